The first-order valence-electron chi connectivity index (χ1n) is 6.10. The Morgan fingerprint density at radius 2 is 1.90 bits per heavy atom. The van der Waals surface area contributed by atoms with Gasteiger partial charge in [-0.1, -0.05) is 12.1 Å². The zero-order valence-corrected chi connectivity index (χ0v) is 14.0. The van der Waals surface area contributed by atoms with E-state index in [0.29, 0.717) is 11.2 Å². The van der Waals surface area contributed by atoms with Crippen molar-refractivity contribution in [2.45, 2.75) is 20.8 Å². The van der Waals surface area contributed by atoms with Crippen LogP contribution in [0.4, 0.5) is 0 Å². The molecule has 0 aliphatic rings. The third-order valence-corrected chi connectivity index (χ3v) is 3.49. The smallest absolute Gasteiger partial charge is 0.545 e. The Kier molecular flexibility index (Phi) is 3.91. The number of aryl methyl sites for hydroxylation is 3. The second-order valence-electron chi connectivity index (χ2n) is 4.84. The number of para-hydroxylation sites is 1. The molecular weight excluding hydrogens is 263 g/mol. The van der Waals surface area contributed by atoms with Crippen LogP contribution in [0.5, 0.6) is 0 Å². The maximum absolute atomic E-state index is 11.3. The van der Waals surface area contributed by atoms with Gasteiger partial charge in [0.1, 0.15) is 5.65 Å². The molecule has 0 saturated carbocycles. The monoisotopic (exact) mass is 276 g/mol. The molecule has 20 heavy (non-hydrogen) atoms. The number of hydrogen-bond acceptors (Lipinski definition) is 3. The van der Waals surface area contributed by atoms with Gasteiger partial charge in [-0.15, -0.1) is 0 Å². The van der Waals surface area contributed by atoms with Gasteiger partial charge in [0, 0.05) is 11.3 Å². The van der Waals surface area contributed by atoms with E-state index in [1.165, 1.54) is 0 Å². The summed E-state index contributed by atoms with van der Waals surface area (Å²) < 4.78 is 1.88. The third kappa shape index (κ3) is 2.04. The molecule has 1 aromatic carbocycles. The van der Waals surface area contributed by atoms with Crippen molar-refractivity contribution in [3.8, 4) is 0 Å². The Labute approximate surface area is 138 Å². The molecule has 0 unspecified atom stereocenters. The Hall–Kier alpha value is -1.36. The molecule has 2 heterocycles. The van der Waals surface area contributed by atoms with E-state index in [0.717, 1.165) is 22.3 Å². The number of fused-ring (bicyclic) bond motifs is 3. The van der Waals surface area contributed by atoms with Crippen molar-refractivity contribution in [2.75, 3.05) is 0 Å². The number of benzene rings is 1. The van der Waals surface area contributed by atoms with Gasteiger partial charge in [0.05, 0.1) is 17.0 Å². The number of carbonyl (C=O) groups is 1. The third-order valence-electron chi connectivity index (χ3n) is 3.49. The van der Waals surface area contributed by atoms with Crippen LogP contribution in [-0.4, -0.2) is 15.4 Å². The van der Waals surface area contributed by atoms with Crippen molar-refractivity contribution >= 4 is 22.6 Å². The van der Waals surface area contributed by atoms with Crippen molar-refractivity contribution in [1.29, 1.82) is 0 Å². The van der Waals surface area contributed by atoms with Gasteiger partial charge in [-0.3, -0.25) is 4.40 Å². The fourth-order valence-electron chi connectivity index (χ4n) is 2.64. The predicted octanol–water partition coefficient (Wildman–Crippen LogP) is -1.22. The maximum Gasteiger partial charge on any atom is 1.00 e. The fourth-order valence-corrected chi connectivity index (χ4v) is 2.64. The minimum atomic E-state index is -1.18. The van der Waals surface area contributed by atoms with Crippen LogP contribution >= 0.6 is 0 Å². The Morgan fingerprint density at radius 3 is 2.55 bits per heavy atom. The summed E-state index contributed by atoms with van der Waals surface area (Å²) in [4.78, 5) is 15.8. The number of aromatic nitrogens is 2. The molecule has 0 aliphatic heterocycles. The van der Waals surface area contributed by atoms with Crippen molar-refractivity contribution in [3.05, 3.63) is 46.6 Å². The molecule has 0 aliphatic carbocycles. The quantitative estimate of drug-likeness (QED) is 0.524. The molecule has 0 atom stereocenters. The Morgan fingerprint density at radius 1 is 1.20 bits per heavy atom. The fraction of sp³-hybridized carbons (Fsp3) is 0.200. The first-order valence-corrected chi connectivity index (χ1v) is 6.10. The molecule has 96 valence electrons. The second-order valence-corrected chi connectivity index (χ2v) is 4.84. The topological polar surface area (TPSA) is 57.4 Å². The summed E-state index contributed by atoms with van der Waals surface area (Å²) in [6.07, 6.45) is 0. The van der Waals surface area contributed by atoms with Gasteiger partial charge in [0.25, 0.3) is 0 Å². The minimum Gasteiger partial charge on any atom is -0.545 e. The van der Waals surface area contributed by atoms with Gasteiger partial charge in [-0.05, 0) is 44.0 Å². The number of pyridine rings is 1. The van der Waals surface area contributed by atoms with Crippen LogP contribution in [0.3, 0.4) is 0 Å². The van der Waals surface area contributed by atoms with Crippen molar-refractivity contribution < 1.29 is 39.5 Å². The van der Waals surface area contributed by atoms with E-state index in [9.17, 15) is 9.90 Å². The second kappa shape index (κ2) is 5.20. The van der Waals surface area contributed by atoms with Crippen LogP contribution in [0.15, 0.2) is 24.3 Å². The molecule has 0 amide bonds. The van der Waals surface area contributed by atoms with E-state index in [-0.39, 0.29) is 35.1 Å². The molecule has 3 rings (SSSR count). The summed E-state index contributed by atoms with van der Waals surface area (Å²) in [5.74, 6) is -1.18. The zero-order valence-electron chi connectivity index (χ0n) is 12.0. The van der Waals surface area contributed by atoms with Crippen LogP contribution < -0.4 is 34.7 Å². The molecule has 0 bridgehead atoms. The number of rotatable bonds is 1. The van der Waals surface area contributed by atoms with Gasteiger partial charge in [-0.2, -0.15) is 0 Å². The number of imidazole rings is 1. The molecule has 3 aromatic rings. The van der Waals surface area contributed by atoms with Crippen LogP contribution in [-0.2, 0) is 0 Å². The summed E-state index contributed by atoms with van der Waals surface area (Å²) in [6.45, 7) is 5.68. The van der Waals surface area contributed by atoms with Crippen LogP contribution in [0.25, 0.3) is 16.7 Å². The summed E-state index contributed by atoms with van der Waals surface area (Å²) in [6, 6.07) is 7.71. The van der Waals surface area contributed by atoms with Gasteiger partial charge >= 0.3 is 29.6 Å². The van der Waals surface area contributed by atoms with Crippen LogP contribution in [0.1, 0.15) is 27.2 Å². The first-order chi connectivity index (χ1) is 9.00. The SMILES string of the molecule is Cc1cc(C)n2c(nc3c(C)cccc32)c1C(=O)[O-].[Na+]. The van der Waals surface area contributed by atoms with Crippen LogP contribution in [0, 0.1) is 20.8 Å². The normalized spacial score (nSPS) is 10.8. The van der Waals surface area contributed by atoms with E-state index in [4.69, 9.17) is 0 Å². The van der Waals surface area contributed by atoms with E-state index >= 15 is 0 Å². The Bertz CT molecular complexity index is 837. The molecule has 0 N–H and O–H groups in total. The molecule has 0 radical (unpaired) electrons. The zero-order chi connectivity index (χ0) is 13.7. The van der Waals surface area contributed by atoms with Crippen molar-refractivity contribution in [2.24, 2.45) is 0 Å². The van der Waals surface area contributed by atoms with Crippen molar-refractivity contribution in [3.63, 3.8) is 0 Å². The van der Waals surface area contributed by atoms with Crippen LogP contribution in [0.2, 0.25) is 0 Å². The van der Waals surface area contributed by atoms with Gasteiger partial charge in [0.15, 0.2) is 0 Å². The Balaban J connectivity index is 0.00000147. The van der Waals surface area contributed by atoms with Crippen molar-refractivity contribution in [1.82, 2.24) is 9.38 Å². The van der Waals surface area contributed by atoms with E-state index < -0.39 is 5.97 Å². The molecule has 4 nitrogen and oxygen atoms in total. The first kappa shape index (κ1) is 15.0. The average molecular weight is 276 g/mol. The van der Waals surface area contributed by atoms with E-state index in [1.807, 2.05) is 42.5 Å². The summed E-state index contributed by atoms with van der Waals surface area (Å²) in [7, 11) is 0. The average Bonchev–Trinajstić information content (AvgIpc) is 2.69. The van der Waals surface area contributed by atoms with Gasteiger partial charge in [0.2, 0.25) is 0 Å². The summed E-state index contributed by atoms with van der Waals surface area (Å²) in [5.41, 5.74) is 5.06. The van der Waals surface area contributed by atoms with Gasteiger partial charge in [-0.25, -0.2) is 4.98 Å². The molecule has 0 saturated heterocycles. The summed E-state index contributed by atoms with van der Waals surface area (Å²) in [5, 5.41) is 11.3. The molecule has 2 aromatic heterocycles. The number of carboxylic acid groups (broad SMARTS) is 1. The standard InChI is InChI=1S/C15H14N2O2.Na/c1-8-5-4-6-11-13(8)16-14-12(15(18)19)9(2)7-10(3)17(11)14;/h4-7H,1-3H3,(H,18,19);/q;+1/p-1. The number of nitrogens with zero attached hydrogens (tertiary/aromatic N) is 2. The number of carboxylic acids is 1. The molecule has 0 spiro atoms. The van der Waals surface area contributed by atoms with E-state index in [1.54, 1.807) is 6.92 Å². The van der Waals surface area contributed by atoms with Gasteiger partial charge < -0.3 is 9.90 Å². The largest absolute Gasteiger partial charge is 1.00 e. The molecule has 0 fully saturated rings. The van der Waals surface area contributed by atoms with E-state index in [2.05, 4.69) is 4.98 Å². The predicted molar refractivity (Wildman–Crippen MR) is 71.2 cm³/mol. The number of hydrogen-bond donors (Lipinski definition) is 0. The molecule has 5 heteroatoms. The minimum absolute atomic E-state index is 0. The maximum atomic E-state index is 11.3. The number of aromatic carboxylic acids is 1. The summed E-state index contributed by atoms with van der Waals surface area (Å²) >= 11 is 0. The molecular formula is C15H13N2NaO2. The number of carbonyl (C=O) groups excluding carboxylic acids is 1.